The van der Waals surface area contributed by atoms with Crippen molar-refractivity contribution in [2.24, 2.45) is 0 Å². The fraction of sp³-hybridized carbons (Fsp3) is 0.200. The zero-order chi connectivity index (χ0) is 9.84. The zero-order valence-corrected chi connectivity index (χ0v) is 7.40. The molecule has 3 nitrogen and oxygen atoms in total. The van der Waals surface area contributed by atoms with Crippen molar-refractivity contribution in [1.82, 2.24) is 4.98 Å². The smallest absolute Gasteiger partial charge is 0.331 e. The molecule has 0 amide bonds. The molecule has 13 heavy (non-hydrogen) atoms. The Labute approximate surface area is 76.7 Å². The van der Waals surface area contributed by atoms with Crippen LogP contribution in [0.3, 0.4) is 0 Å². The van der Waals surface area contributed by atoms with E-state index in [4.69, 9.17) is 5.11 Å². The van der Waals surface area contributed by atoms with Gasteiger partial charge in [0, 0.05) is 23.4 Å². The minimum atomic E-state index is -0.974. The lowest BCUT2D eigenvalue weighted by Gasteiger charge is -2.09. The fourth-order valence-electron chi connectivity index (χ4n) is 0.996. The summed E-state index contributed by atoms with van der Waals surface area (Å²) in [6.07, 6.45) is 1.64. The largest absolute Gasteiger partial charge is 0.478 e. The number of aliphatic carboxylic acids is 1. The fourth-order valence-corrected chi connectivity index (χ4v) is 0.996. The Morgan fingerprint density at radius 2 is 2.31 bits per heavy atom. The van der Waals surface area contributed by atoms with Gasteiger partial charge in [-0.3, -0.25) is 4.98 Å². The number of hydrogen-bond acceptors (Lipinski definition) is 2. The average Bonchev–Trinajstić information content (AvgIpc) is 2.17. The quantitative estimate of drug-likeness (QED) is 0.716. The SMILES string of the molecule is C=C(C(=O)O)C(C)c1ccccn1. The van der Waals surface area contributed by atoms with E-state index in [0.717, 1.165) is 5.69 Å². The van der Waals surface area contributed by atoms with Gasteiger partial charge in [0.2, 0.25) is 0 Å². The summed E-state index contributed by atoms with van der Waals surface area (Å²) < 4.78 is 0. The first kappa shape index (κ1) is 9.45. The van der Waals surface area contributed by atoms with Crippen molar-refractivity contribution in [3.63, 3.8) is 0 Å². The predicted molar refractivity (Wildman–Crippen MR) is 49.4 cm³/mol. The molecule has 1 aromatic rings. The second-order valence-corrected chi connectivity index (χ2v) is 2.81. The molecule has 1 unspecified atom stereocenters. The van der Waals surface area contributed by atoms with Crippen LogP contribution in [0, 0.1) is 0 Å². The highest BCUT2D eigenvalue weighted by Gasteiger charge is 2.15. The second kappa shape index (κ2) is 3.85. The molecule has 1 N–H and O–H groups in total. The lowest BCUT2D eigenvalue weighted by Crippen LogP contribution is -2.08. The Morgan fingerprint density at radius 3 is 2.77 bits per heavy atom. The highest BCUT2D eigenvalue weighted by atomic mass is 16.4. The summed E-state index contributed by atoms with van der Waals surface area (Å²) >= 11 is 0. The van der Waals surface area contributed by atoms with Crippen molar-refractivity contribution in [3.8, 4) is 0 Å². The van der Waals surface area contributed by atoms with Gasteiger partial charge in [0.25, 0.3) is 0 Å². The first-order valence-corrected chi connectivity index (χ1v) is 3.96. The van der Waals surface area contributed by atoms with Gasteiger partial charge in [0.1, 0.15) is 0 Å². The standard InChI is InChI=1S/C10H11NO2/c1-7(8(2)10(12)13)9-5-3-4-6-11-9/h3-7H,2H2,1H3,(H,12,13). The lowest BCUT2D eigenvalue weighted by atomic mass is 9.99. The van der Waals surface area contributed by atoms with Gasteiger partial charge in [-0.05, 0) is 12.1 Å². The van der Waals surface area contributed by atoms with Crippen molar-refractivity contribution >= 4 is 5.97 Å². The van der Waals surface area contributed by atoms with Gasteiger partial charge in [0.15, 0.2) is 0 Å². The molecule has 1 rings (SSSR count). The normalized spacial score (nSPS) is 12.1. The minimum Gasteiger partial charge on any atom is -0.478 e. The Balaban J connectivity index is 2.86. The van der Waals surface area contributed by atoms with E-state index in [1.54, 1.807) is 25.3 Å². The Bertz CT molecular complexity index is 319. The van der Waals surface area contributed by atoms with Crippen LogP contribution in [0.5, 0.6) is 0 Å². The summed E-state index contributed by atoms with van der Waals surface area (Å²) in [6, 6.07) is 5.41. The van der Waals surface area contributed by atoms with Crippen LogP contribution >= 0.6 is 0 Å². The number of hydrogen-bond donors (Lipinski definition) is 1. The predicted octanol–water partition coefficient (Wildman–Crippen LogP) is 1.83. The van der Waals surface area contributed by atoms with Gasteiger partial charge in [-0.1, -0.05) is 19.6 Å². The van der Waals surface area contributed by atoms with E-state index in [9.17, 15) is 4.79 Å². The van der Waals surface area contributed by atoms with Crippen molar-refractivity contribution in [2.45, 2.75) is 12.8 Å². The molecule has 0 aliphatic carbocycles. The first-order chi connectivity index (χ1) is 6.13. The van der Waals surface area contributed by atoms with Gasteiger partial charge in [-0.2, -0.15) is 0 Å². The molecule has 68 valence electrons. The van der Waals surface area contributed by atoms with E-state index < -0.39 is 5.97 Å². The molecule has 0 aromatic carbocycles. The van der Waals surface area contributed by atoms with Crippen LogP contribution in [0.4, 0.5) is 0 Å². The highest BCUT2D eigenvalue weighted by molar-refractivity contribution is 5.87. The van der Waals surface area contributed by atoms with Gasteiger partial charge in [0.05, 0.1) is 0 Å². The minimum absolute atomic E-state index is 0.165. The monoisotopic (exact) mass is 177 g/mol. The number of rotatable bonds is 3. The van der Waals surface area contributed by atoms with E-state index >= 15 is 0 Å². The Morgan fingerprint density at radius 1 is 1.62 bits per heavy atom. The topological polar surface area (TPSA) is 50.2 Å². The van der Waals surface area contributed by atoms with Crippen molar-refractivity contribution in [3.05, 3.63) is 42.2 Å². The van der Waals surface area contributed by atoms with Crippen LogP contribution in [-0.2, 0) is 4.79 Å². The third-order valence-corrected chi connectivity index (χ3v) is 1.93. The lowest BCUT2D eigenvalue weighted by molar-refractivity contribution is -0.132. The second-order valence-electron chi connectivity index (χ2n) is 2.81. The van der Waals surface area contributed by atoms with E-state index in [1.807, 2.05) is 6.07 Å². The van der Waals surface area contributed by atoms with E-state index in [-0.39, 0.29) is 11.5 Å². The third kappa shape index (κ3) is 2.15. The van der Waals surface area contributed by atoms with Crippen molar-refractivity contribution < 1.29 is 9.90 Å². The molecule has 1 atom stereocenters. The Kier molecular flexibility index (Phi) is 2.80. The first-order valence-electron chi connectivity index (χ1n) is 3.96. The number of carboxylic acid groups (broad SMARTS) is 1. The van der Waals surface area contributed by atoms with Crippen LogP contribution in [0.2, 0.25) is 0 Å². The molecular weight excluding hydrogens is 166 g/mol. The summed E-state index contributed by atoms with van der Waals surface area (Å²) in [5.41, 5.74) is 0.897. The third-order valence-electron chi connectivity index (χ3n) is 1.93. The molecular formula is C10H11NO2. The molecule has 3 heteroatoms. The maximum atomic E-state index is 10.6. The van der Waals surface area contributed by atoms with Gasteiger partial charge >= 0.3 is 5.97 Å². The Hall–Kier alpha value is -1.64. The summed E-state index contributed by atoms with van der Waals surface area (Å²) in [4.78, 5) is 14.6. The summed E-state index contributed by atoms with van der Waals surface area (Å²) in [6.45, 7) is 5.27. The molecule has 0 bridgehead atoms. The maximum absolute atomic E-state index is 10.6. The van der Waals surface area contributed by atoms with E-state index in [0.29, 0.717) is 0 Å². The average molecular weight is 177 g/mol. The van der Waals surface area contributed by atoms with Crippen LogP contribution in [-0.4, -0.2) is 16.1 Å². The molecule has 1 aromatic heterocycles. The molecule has 0 spiro atoms. The van der Waals surface area contributed by atoms with Crippen molar-refractivity contribution in [2.75, 3.05) is 0 Å². The molecule has 1 heterocycles. The van der Waals surface area contributed by atoms with E-state index in [1.165, 1.54) is 0 Å². The number of carbonyl (C=O) groups is 1. The number of carboxylic acids is 1. The molecule has 0 aliphatic rings. The maximum Gasteiger partial charge on any atom is 0.331 e. The molecule has 0 radical (unpaired) electrons. The van der Waals surface area contributed by atoms with E-state index in [2.05, 4.69) is 11.6 Å². The summed E-state index contributed by atoms with van der Waals surface area (Å²) in [5, 5.41) is 8.69. The molecule has 0 saturated carbocycles. The highest BCUT2D eigenvalue weighted by Crippen LogP contribution is 2.19. The number of aromatic nitrogens is 1. The number of nitrogens with zero attached hydrogens (tertiary/aromatic N) is 1. The molecule has 0 saturated heterocycles. The van der Waals surface area contributed by atoms with Crippen LogP contribution in [0.25, 0.3) is 0 Å². The summed E-state index contributed by atoms with van der Waals surface area (Å²) in [7, 11) is 0. The van der Waals surface area contributed by atoms with Gasteiger partial charge < -0.3 is 5.11 Å². The van der Waals surface area contributed by atoms with Crippen LogP contribution in [0.1, 0.15) is 18.5 Å². The van der Waals surface area contributed by atoms with Crippen LogP contribution < -0.4 is 0 Å². The van der Waals surface area contributed by atoms with Gasteiger partial charge in [-0.25, -0.2) is 4.79 Å². The zero-order valence-electron chi connectivity index (χ0n) is 7.40. The van der Waals surface area contributed by atoms with Crippen LogP contribution in [0.15, 0.2) is 36.5 Å². The number of pyridine rings is 1. The molecule has 0 fully saturated rings. The van der Waals surface area contributed by atoms with Gasteiger partial charge in [-0.15, -0.1) is 0 Å². The van der Waals surface area contributed by atoms with Crippen molar-refractivity contribution in [1.29, 1.82) is 0 Å². The molecule has 0 aliphatic heterocycles. The summed E-state index contributed by atoms with van der Waals surface area (Å²) in [5.74, 6) is -1.21.